The minimum atomic E-state index is 0. The van der Waals surface area contributed by atoms with Gasteiger partial charge >= 0.3 is 0 Å². The standard InChI is InChI=1S/C9H20NO.BrH/c1-3-4-5-10(2)6-8-11-9-7-10;/h3-9H2,1-2H3;1H/q+1;/p-1. The lowest BCUT2D eigenvalue weighted by molar-refractivity contribution is -0.917. The smallest absolute Gasteiger partial charge is 0.102 e. The van der Waals surface area contributed by atoms with Crippen molar-refractivity contribution < 1.29 is 26.2 Å². The normalized spacial score (nSPS) is 21.5. The van der Waals surface area contributed by atoms with Crippen LogP contribution in [0.5, 0.6) is 0 Å². The molecule has 1 aliphatic heterocycles. The molecule has 3 heteroatoms. The maximum absolute atomic E-state index is 5.33. The van der Waals surface area contributed by atoms with Gasteiger partial charge in [0, 0.05) is 0 Å². The van der Waals surface area contributed by atoms with E-state index in [1.807, 2.05) is 0 Å². The molecule has 0 aliphatic carbocycles. The first kappa shape index (κ1) is 12.4. The third-order valence-corrected chi connectivity index (χ3v) is 2.60. The molecule has 0 atom stereocenters. The molecule has 2 nitrogen and oxygen atoms in total. The first-order chi connectivity index (χ1) is 5.27. The lowest BCUT2D eigenvalue weighted by Crippen LogP contribution is -3.00. The van der Waals surface area contributed by atoms with E-state index in [0.29, 0.717) is 0 Å². The SMILES string of the molecule is CCCC[N+]1(C)CCOCC1.[Br-]. The van der Waals surface area contributed by atoms with Crippen LogP contribution in [0.15, 0.2) is 0 Å². The summed E-state index contributed by atoms with van der Waals surface area (Å²) in [7, 11) is 2.35. The lowest BCUT2D eigenvalue weighted by Gasteiger charge is -2.37. The molecular weight excluding hydrogens is 218 g/mol. The summed E-state index contributed by atoms with van der Waals surface area (Å²) in [5, 5.41) is 0. The van der Waals surface area contributed by atoms with E-state index in [4.69, 9.17) is 4.74 Å². The minimum Gasteiger partial charge on any atom is -1.00 e. The lowest BCUT2D eigenvalue weighted by atomic mass is 10.2. The highest BCUT2D eigenvalue weighted by atomic mass is 79.9. The number of nitrogens with zero attached hydrogens (tertiary/aromatic N) is 1. The van der Waals surface area contributed by atoms with Crippen LogP contribution in [0, 0.1) is 0 Å². The molecule has 74 valence electrons. The van der Waals surface area contributed by atoms with Crippen LogP contribution >= 0.6 is 0 Å². The van der Waals surface area contributed by atoms with Gasteiger partial charge < -0.3 is 26.2 Å². The summed E-state index contributed by atoms with van der Waals surface area (Å²) >= 11 is 0. The molecule has 0 aromatic heterocycles. The number of rotatable bonds is 3. The van der Waals surface area contributed by atoms with E-state index in [9.17, 15) is 0 Å². The van der Waals surface area contributed by atoms with E-state index in [1.165, 1.54) is 37.0 Å². The first-order valence-electron chi connectivity index (χ1n) is 4.68. The van der Waals surface area contributed by atoms with Gasteiger partial charge in [-0.15, -0.1) is 0 Å². The van der Waals surface area contributed by atoms with Gasteiger partial charge in [-0.1, -0.05) is 13.3 Å². The van der Waals surface area contributed by atoms with Gasteiger partial charge in [-0.3, -0.25) is 0 Å². The molecule has 0 spiro atoms. The monoisotopic (exact) mass is 237 g/mol. The number of morpholine rings is 1. The number of likely N-dealkylation sites (N-methyl/N-ethyl adjacent to an activating group) is 1. The first-order valence-corrected chi connectivity index (χ1v) is 4.68. The number of quaternary nitrogens is 1. The van der Waals surface area contributed by atoms with Crippen LogP contribution in [0.25, 0.3) is 0 Å². The van der Waals surface area contributed by atoms with E-state index in [2.05, 4.69) is 14.0 Å². The Balaban J connectivity index is 0.00000121. The van der Waals surface area contributed by atoms with Crippen molar-refractivity contribution in [3.63, 3.8) is 0 Å². The third kappa shape index (κ3) is 3.87. The van der Waals surface area contributed by atoms with Crippen molar-refractivity contribution in [1.82, 2.24) is 0 Å². The number of hydrogen-bond donors (Lipinski definition) is 0. The van der Waals surface area contributed by atoms with Crippen molar-refractivity contribution in [2.24, 2.45) is 0 Å². The van der Waals surface area contributed by atoms with Crippen LogP contribution in [0.4, 0.5) is 0 Å². The average Bonchev–Trinajstić information content (AvgIpc) is 2.03. The largest absolute Gasteiger partial charge is 1.00 e. The fourth-order valence-corrected chi connectivity index (χ4v) is 1.55. The van der Waals surface area contributed by atoms with Gasteiger partial charge in [0.25, 0.3) is 0 Å². The minimum absolute atomic E-state index is 0. The Morgan fingerprint density at radius 1 is 1.25 bits per heavy atom. The van der Waals surface area contributed by atoms with Crippen molar-refractivity contribution in [2.75, 3.05) is 39.9 Å². The maximum atomic E-state index is 5.33. The van der Waals surface area contributed by atoms with Crippen molar-refractivity contribution in [2.45, 2.75) is 19.8 Å². The van der Waals surface area contributed by atoms with Gasteiger partial charge in [-0.25, -0.2) is 0 Å². The van der Waals surface area contributed by atoms with E-state index >= 15 is 0 Å². The summed E-state index contributed by atoms with van der Waals surface area (Å²) in [5.74, 6) is 0. The van der Waals surface area contributed by atoms with E-state index in [1.54, 1.807) is 0 Å². The molecule has 0 radical (unpaired) electrons. The van der Waals surface area contributed by atoms with Gasteiger partial charge in [-0.2, -0.15) is 0 Å². The van der Waals surface area contributed by atoms with E-state index in [0.717, 1.165) is 13.2 Å². The zero-order valence-corrected chi connectivity index (χ0v) is 9.77. The van der Waals surface area contributed by atoms with Gasteiger partial charge in [0.15, 0.2) is 0 Å². The highest BCUT2D eigenvalue weighted by molar-refractivity contribution is 4.46. The summed E-state index contributed by atoms with van der Waals surface area (Å²) in [6, 6.07) is 0. The Hall–Kier alpha value is 0.400. The number of halogens is 1. The Morgan fingerprint density at radius 2 is 1.83 bits per heavy atom. The van der Waals surface area contributed by atoms with Gasteiger partial charge in [0.1, 0.15) is 13.1 Å². The third-order valence-electron chi connectivity index (χ3n) is 2.60. The van der Waals surface area contributed by atoms with E-state index < -0.39 is 0 Å². The van der Waals surface area contributed by atoms with Crippen LogP contribution in [0.2, 0.25) is 0 Å². The van der Waals surface area contributed by atoms with Gasteiger partial charge in [-0.05, 0) is 6.42 Å². The predicted molar refractivity (Wildman–Crippen MR) is 46.5 cm³/mol. The quantitative estimate of drug-likeness (QED) is 0.531. The molecule has 0 unspecified atom stereocenters. The van der Waals surface area contributed by atoms with Crippen LogP contribution in [-0.4, -0.2) is 44.4 Å². The second kappa shape index (κ2) is 5.95. The fourth-order valence-electron chi connectivity index (χ4n) is 1.55. The Morgan fingerprint density at radius 3 is 2.33 bits per heavy atom. The Kier molecular flexibility index (Phi) is 6.14. The van der Waals surface area contributed by atoms with Crippen LogP contribution in [0.3, 0.4) is 0 Å². The summed E-state index contributed by atoms with van der Waals surface area (Å²) in [4.78, 5) is 0. The Labute approximate surface area is 86.2 Å². The highest BCUT2D eigenvalue weighted by Gasteiger charge is 2.23. The molecule has 12 heavy (non-hydrogen) atoms. The molecule has 1 heterocycles. The zero-order chi connectivity index (χ0) is 8.16. The molecule has 0 amide bonds. The molecule has 1 saturated heterocycles. The predicted octanol–water partition coefficient (Wildman–Crippen LogP) is -1.73. The van der Waals surface area contributed by atoms with Crippen molar-refractivity contribution in [1.29, 1.82) is 0 Å². The maximum Gasteiger partial charge on any atom is 0.102 e. The van der Waals surface area contributed by atoms with Crippen molar-refractivity contribution in [3.8, 4) is 0 Å². The molecular formula is C9H20BrNO. The van der Waals surface area contributed by atoms with Crippen LogP contribution in [-0.2, 0) is 4.74 Å². The molecule has 1 aliphatic rings. The topological polar surface area (TPSA) is 9.23 Å². The fraction of sp³-hybridized carbons (Fsp3) is 1.00. The second-order valence-electron chi connectivity index (χ2n) is 3.76. The van der Waals surface area contributed by atoms with Gasteiger partial charge in [0.2, 0.25) is 0 Å². The zero-order valence-electron chi connectivity index (χ0n) is 8.18. The number of hydrogen-bond acceptors (Lipinski definition) is 1. The number of ether oxygens (including phenoxy) is 1. The molecule has 1 rings (SSSR count). The van der Waals surface area contributed by atoms with E-state index in [-0.39, 0.29) is 17.0 Å². The highest BCUT2D eigenvalue weighted by Crippen LogP contribution is 2.08. The Bertz CT molecular complexity index is 113. The van der Waals surface area contributed by atoms with Crippen molar-refractivity contribution >= 4 is 0 Å². The molecule has 0 bridgehead atoms. The summed E-state index contributed by atoms with van der Waals surface area (Å²) < 4.78 is 6.56. The summed E-state index contributed by atoms with van der Waals surface area (Å²) in [6.07, 6.45) is 2.67. The molecule has 0 aromatic carbocycles. The summed E-state index contributed by atoms with van der Waals surface area (Å²) in [5.41, 5.74) is 0. The molecule has 1 fully saturated rings. The average molecular weight is 238 g/mol. The van der Waals surface area contributed by atoms with Gasteiger partial charge in [0.05, 0.1) is 26.8 Å². The molecule has 0 aromatic rings. The summed E-state index contributed by atoms with van der Waals surface area (Å²) in [6.45, 7) is 7.92. The van der Waals surface area contributed by atoms with Crippen LogP contribution < -0.4 is 17.0 Å². The van der Waals surface area contributed by atoms with Crippen LogP contribution in [0.1, 0.15) is 19.8 Å². The molecule has 0 saturated carbocycles. The molecule has 0 N–H and O–H groups in total. The number of unbranched alkanes of at least 4 members (excludes halogenated alkanes) is 1. The second-order valence-corrected chi connectivity index (χ2v) is 3.76. The van der Waals surface area contributed by atoms with Crippen molar-refractivity contribution in [3.05, 3.63) is 0 Å².